The molecule has 1 aromatic carbocycles. The number of imidazole rings is 1. The van der Waals surface area contributed by atoms with Gasteiger partial charge in [0.25, 0.3) is 0 Å². The summed E-state index contributed by atoms with van der Waals surface area (Å²) in [5.41, 5.74) is 7.88. The van der Waals surface area contributed by atoms with E-state index >= 15 is 0 Å². The number of aryl methyl sites for hydroxylation is 1. The first-order valence-electron chi connectivity index (χ1n) is 9.67. The second-order valence-corrected chi connectivity index (χ2v) is 7.96. The van der Waals surface area contributed by atoms with Gasteiger partial charge in [0.05, 0.1) is 11.0 Å². The quantitative estimate of drug-likeness (QED) is 0.780. The number of amides is 1. The molecule has 3 N–H and O–H groups in total. The minimum absolute atomic E-state index is 0. The summed E-state index contributed by atoms with van der Waals surface area (Å²) in [6, 6.07) is 4.89. The molecular weight excluding hydrogens is 402 g/mol. The van der Waals surface area contributed by atoms with Crippen molar-refractivity contribution in [3.63, 3.8) is 0 Å². The van der Waals surface area contributed by atoms with Crippen molar-refractivity contribution in [3.8, 4) is 0 Å². The zero-order chi connectivity index (χ0) is 18.3. The summed E-state index contributed by atoms with van der Waals surface area (Å²) in [4.78, 5) is 17.1. The van der Waals surface area contributed by atoms with E-state index in [-0.39, 0.29) is 48.5 Å². The van der Waals surface area contributed by atoms with Gasteiger partial charge in [-0.05, 0) is 55.7 Å². The number of fused-ring (bicyclic) bond motifs is 3. The van der Waals surface area contributed by atoms with Crippen molar-refractivity contribution in [1.29, 1.82) is 0 Å². The zero-order valence-electron chi connectivity index (χ0n) is 16.1. The van der Waals surface area contributed by atoms with Crippen LogP contribution in [-0.4, -0.2) is 28.0 Å². The van der Waals surface area contributed by atoms with E-state index in [1.165, 1.54) is 18.6 Å². The number of carbonyl (C=O) groups is 1. The maximum Gasteiger partial charge on any atom is 0.223 e. The number of nitrogens with two attached hydrogens (primary N) is 1. The molecule has 4 rings (SSSR count). The minimum Gasteiger partial charge on any atom is -0.355 e. The van der Waals surface area contributed by atoms with Gasteiger partial charge < -0.3 is 15.6 Å². The third-order valence-electron chi connectivity index (χ3n) is 6.37. The highest BCUT2D eigenvalue weighted by atomic mass is 35.5. The number of halogens is 3. The Kier molecular flexibility index (Phi) is 7.71. The number of rotatable bonds is 4. The molecule has 0 aliphatic heterocycles. The largest absolute Gasteiger partial charge is 0.355 e. The molecule has 156 valence electrons. The van der Waals surface area contributed by atoms with Crippen molar-refractivity contribution in [2.75, 3.05) is 6.54 Å². The maximum absolute atomic E-state index is 13.4. The normalized spacial score (nSPS) is 26.2. The lowest BCUT2D eigenvalue weighted by atomic mass is 9.65. The monoisotopic (exact) mass is 430 g/mol. The van der Waals surface area contributed by atoms with Gasteiger partial charge in [-0.2, -0.15) is 0 Å². The Labute approximate surface area is 177 Å². The molecule has 2 aliphatic carbocycles. The Morgan fingerprint density at radius 1 is 1.29 bits per heavy atom. The number of aromatic nitrogens is 2. The van der Waals surface area contributed by atoms with Crippen LogP contribution in [0.3, 0.4) is 0 Å². The third-order valence-corrected chi connectivity index (χ3v) is 6.37. The van der Waals surface area contributed by atoms with Crippen molar-refractivity contribution in [3.05, 3.63) is 29.8 Å². The van der Waals surface area contributed by atoms with Crippen LogP contribution in [0.4, 0.5) is 4.39 Å². The van der Waals surface area contributed by atoms with Gasteiger partial charge in [0.1, 0.15) is 11.6 Å². The van der Waals surface area contributed by atoms with Gasteiger partial charge in [0.2, 0.25) is 5.91 Å². The van der Waals surface area contributed by atoms with Crippen molar-refractivity contribution >= 4 is 41.8 Å². The molecule has 2 saturated carbocycles. The van der Waals surface area contributed by atoms with Crippen molar-refractivity contribution in [2.45, 2.75) is 44.6 Å². The highest BCUT2D eigenvalue weighted by Crippen LogP contribution is 2.41. The van der Waals surface area contributed by atoms with Gasteiger partial charge in [-0.3, -0.25) is 4.79 Å². The predicted molar refractivity (Wildman–Crippen MR) is 113 cm³/mol. The van der Waals surface area contributed by atoms with Gasteiger partial charge in [-0.15, -0.1) is 24.8 Å². The lowest BCUT2D eigenvalue weighted by Crippen LogP contribution is -2.49. The van der Waals surface area contributed by atoms with Gasteiger partial charge in [0, 0.05) is 32.0 Å². The van der Waals surface area contributed by atoms with Gasteiger partial charge in [-0.1, -0.05) is 6.42 Å². The molecule has 2 bridgehead atoms. The molecule has 0 radical (unpaired) electrons. The van der Waals surface area contributed by atoms with Gasteiger partial charge in [-0.25, -0.2) is 9.37 Å². The number of nitrogens with one attached hydrogen (secondary N) is 1. The summed E-state index contributed by atoms with van der Waals surface area (Å²) in [6.07, 6.45) is 6.07. The highest BCUT2D eigenvalue weighted by Gasteiger charge is 2.40. The van der Waals surface area contributed by atoms with Crippen LogP contribution >= 0.6 is 24.8 Å². The van der Waals surface area contributed by atoms with Crippen molar-refractivity contribution < 1.29 is 9.18 Å². The third kappa shape index (κ3) is 4.44. The minimum atomic E-state index is -0.263. The molecule has 1 aromatic heterocycles. The van der Waals surface area contributed by atoms with E-state index in [0.717, 1.165) is 42.5 Å². The van der Waals surface area contributed by atoms with E-state index in [4.69, 9.17) is 5.73 Å². The SMILES string of the molecule is Cl.Cl.Cn1c(CCNC(=O)C2CC3CCCC(C2)C3N)nc2ccc(F)cc21. The smallest absolute Gasteiger partial charge is 0.223 e. The summed E-state index contributed by atoms with van der Waals surface area (Å²) in [6.45, 7) is 0.552. The molecule has 8 heteroatoms. The fourth-order valence-corrected chi connectivity index (χ4v) is 4.88. The summed E-state index contributed by atoms with van der Waals surface area (Å²) < 4.78 is 15.3. The molecule has 1 heterocycles. The lowest BCUT2D eigenvalue weighted by molar-refractivity contribution is -0.127. The van der Waals surface area contributed by atoms with E-state index in [0.29, 0.717) is 24.8 Å². The fraction of sp³-hybridized carbons (Fsp3) is 0.600. The number of hydrogen-bond donors (Lipinski definition) is 2. The summed E-state index contributed by atoms with van der Waals surface area (Å²) in [7, 11) is 1.88. The summed E-state index contributed by atoms with van der Waals surface area (Å²) in [5.74, 6) is 1.86. The number of hydrogen-bond acceptors (Lipinski definition) is 3. The Morgan fingerprint density at radius 3 is 2.64 bits per heavy atom. The fourth-order valence-electron chi connectivity index (χ4n) is 4.88. The second kappa shape index (κ2) is 9.42. The van der Waals surface area contributed by atoms with Crippen LogP contribution in [0.15, 0.2) is 18.2 Å². The molecule has 0 saturated heterocycles. The molecule has 28 heavy (non-hydrogen) atoms. The topological polar surface area (TPSA) is 72.9 Å². The van der Waals surface area contributed by atoms with E-state index in [9.17, 15) is 9.18 Å². The van der Waals surface area contributed by atoms with Gasteiger partial charge in [0.15, 0.2) is 0 Å². The Hall–Kier alpha value is -1.37. The van der Waals surface area contributed by atoms with Crippen LogP contribution in [0.5, 0.6) is 0 Å². The molecule has 2 aromatic rings. The highest BCUT2D eigenvalue weighted by molar-refractivity contribution is 5.85. The van der Waals surface area contributed by atoms with Crippen LogP contribution in [0.1, 0.15) is 37.9 Å². The molecule has 1 amide bonds. The Bertz CT molecular complexity index is 814. The van der Waals surface area contributed by atoms with Crippen LogP contribution in [-0.2, 0) is 18.3 Å². The molecular formula is C20H29Cl2FN4O. The van der Waals surface area contributed by atoms with E-state index in [1.54, 1.807) is 6.07 Å². The predicted octanol–water partition coefficient (Wildman–Crippen LogP) is 3.37. The van der Waals surface area contributed by atoms with Crippen LogP contribution in [0.25, 0.3) is 11.0 Å². The molecule has 2 fully saturated rings. The average molecular weight is 431 g/mol. The summed E-state index contributed by atoms with van der Waals surface area (Å²) >= 11 is 0. The number of carbonyl (C=O) groups excluding carboxylic acids is 1. The maximum atomic E-state index is 13.4. The molecule has 2 atom stereocenters. The van der Waals surface area contributed by atoms with Crippen molar-refractivity contribution in [2.24, 2.45) is 30.5 Å². The van der Waals surface area contributed by atoms with Crippen LogP contribution in [0.2, 0.25) is 0 Å². The standard InChI is InChI=1S/C20H27FN4O.2ClH/c1-25-17-11-15(21)5-6-16(17)24-18(25)7-8-23-20(26)14-9-12-3-2-4-13(10-14)19(12)22;;/h5-6,11-14,19H,2-4,7-10,22H2,1H3,(H,23,26);2*1H. The molecule has 5 nitrogen and oxygen atoms in total. The lowest BCUT2D eigenvalue weighted by Gasteiger charge is -2.43. The first-order chi connectivity index (χ1) is 12.5. The van der Waals surface area contributed by atoms with Gasteiger partial charge >= 0.3 is 0 Å². The first kappa shape index (κ1) is 22.9. The second-order valence-electron chi connectivity index (χ2n) is 7.96. The van der Waals surface area contributed by atoms with Crippen LogP contribution < -0.4 is 11.1 Å². The number of benzene rings is 1. The number of nitrogens with zero attached hydrogens (tertiary/aromatic N) is 2. The Morgan fingerprint density at radius 2 is 1.96 bits per heavy atom. The molecule has 0 spiro atoms. The Balaban J connectivity index is 0.00000140. The molecule has 2 aliphatic rings. The van der Waals surface area contributed by atoms with E-state index < -0.39 is 0 Å². The van der Waals surface area contributed by atoms with Crippen LogP contribution in [0, 0.1) is 23.6 Å². The molecule has 2 unspecified atom stereocenters. The first-order valence-corrected chi connectivity index (χ1v) is 9.67. The van der Waals surface area contributed by atoms with E-state index in [1.807, 2.05) is 11.6 Å². The van der Waals surface area contributed by atoms with E-state index in [2.05, 4.69) is 10.3 Å². The zero-order valence-corrected chi connectivity index (χ0v) is 17.7. The average Bonchev–Trinajstić information content (AvgIpc) is 2.90. The van der Waals surface area contributed by atoms with Crippen molar-refractivity contribution in [1.82, 2.24) is 14.9 Å². The summed E-state index contributed by atoms with van der Waals surface area (Å²) in [5, 5.41) is 3.08.